The highest BCUT2D eigenvalue weighted by molar-refractivity contribution is 7.92. The predicted octanol–water partition coefficient (Wildman–Crippen LogP) is 1.57. The number of hydrogen-bond donors (Lipinski definition) is 1. The fraction of sp³-hybridized carbons (Fsp3) is 1.00. The fourth-order valence-electron chi connectivity index (χ4n) is 2.50. The van der Waals surface area contributed by atoms with Gasteiger partial charge < -0.3 is 5.73 Å². The Hall–Kier alpha value is -0.0900. The zero-order valence-electron chi connectivity index (χ0n) is 9.78. The van der Waals surface area contributed by atoms with Crippen molar-refractivity contribution in [3.05, 3.63) is 0 Å². The van der Waals surface area contributed by atoms with E-state index in [0.29, 0.717) is 12.3 Å². The molecule has 90 valence electrons. The SMILES string of the molecule is CC(C)CS(=O)(=O)C1CCCCC1CN. The van der Waals surface area contributed by atoms with E-state index in [4.69, 9.17) is 5.73 Å². The zero-order chi connectivity index (χ0) is 11.5. The summed E-state index contributed by atoms with van der Waals surface area (Å²) in [5.41, 5.74) is 5.66. The molecule has 0 spiro atoms. The molecule has 2 unspecified atom stereocenters. The van der Waals surface area contributed by atoms with Gasteiger partial charge in [-0.05, 0) is 31.2 Å². The minimum absolute atomic E-state index is 0.168. The van der Waals surface area contributed by atoms with E-state index in [1.807, 2.05) is 13.8 Å². The maximum absolute atomic E-state index is 12.1. The summed E-state index contributed by atoms with van der Waals surface area (Å²) in [6, 6.07) is 0. The average molecular weight is 233 g/mol. The van der Waals surface area contributed by atoms with Crippen LogP contribution in [0.5, 0.6) is 0 Å². The van der Waals surface area contributed by atoms with Crippen molar-refractivity contribution >= 4 is 9.84 Å². The number of rotatable bonds is 4. The van der Waals surface area contributed by atoms with E-state index in [1.54, 1.807) is 0 Å². The van der Waals surface area contributed by atoms with Gasteiger partial charge in [-0.1, -0.05) is 26.7 Å². The Labute approximate surface area is 93.3 Å². The second-order valence-corrected chi connectivity index (χ2v) is 7.31. The maximum atomic E-state index is 12.1. The van der Waals surface area contributed by atoms with Crippen LogP contribution in [0.4, 0.5) is 0 Å². The first-order valence-electron chi connectivity index (χ1n) is 5.89. The van der Waals surface area contributed by atoms with Crippen molar-refractivity contribution in [3.63, 3.8) is 0 Å². The van der Waals surface area contributed by atoms with Crippen LogP contribution in [0.2, 0.25) is 0 Å². The lowest BCUT2D eigenvalue weighted by molar-refractivity contribution is 0.362. The molecule has 4 heteroatoms. The zero-order valence-corrected chi connectivity index (χ0v) is 10.6. The number of nitrogens with two attached hydrogens (primary N) is 1. The standard InChI is InChI=1S/C11H23NO2S/c1-9(2)8-15(13,14)11-6-4-3-5-10(11)7-12/h9-11H,3-8,12H2,1-2H3. The van der Waals surface area contributed by atoms with Crippen LogP contribution in [0, 0.1) is 11.8 Å². The highest BCUT2D eigenvalue weighted by Gasteiger charge is 2.34. The van der Waals surface area contributed by atoms with Crippen LogP contribution in [-0.4, -0.2) is 26.0 Å². The summed E-state index contributed by atoms with van der Waals surface area (Å²) >= 11 is 0. The van der Waals surface area contributed by atoms with Crippen molar-refractivity contribution in [1.29, 1.82) is 0 Å². The minimum Gasteiger partial charge on any atom is -0.330 e. The molecular weight excluding hydrogens is 210 g/mol. The quantitative estimate of drug-likeness (QED) is 0.802. The second kappa shape index (κ2) is 5.30. The molecular formula is C11H23NO2S. The molecule has 0 aromatic rings. The fourth-order valence-corrected chi connectivity index (χ4v) is 5.04. The number of hydrogen-bond acceptors (Lipinski definition) is 3. The Kier molecular flexibility index (Phi) is 4.59. The van der Waals surface area contributed by atoms with E-state index in [1.165, 1.54) is 0 Å². The molecule has 15 heavy (non-hydrogen) atoms. The summed E-state index contributed by atoms with van der Waals surface area (Å²) < 4.78 is 24.2. The highest BCUT2D eigenvalue weighted by Crippen LogP contribution is 2.30. The Morgan fingerprint density at radius 2 is 1.87 bits per heavy atom. The minimum atomic E-state index is -2.92. The molecule has 0 aromatic heterocycles. The monoisotopic (exact) mass is 233 g/mol. The van der Waals surface area contributed by atoms with Gasteiger partial charge in [-0.3, -0.25) is 0 Å². The van der Waals surface area contributed by atoms with Gasteiger partial charge in [-0.25, -0.2) is 8.42 Å². The maximum Gasteiger partial charge on any atom is 0.153 e. The Morgan fingerprint density at radius 1 is 1.27 bits per heavy atom. The lowest BCUT2D eigenvalue weighted by atomic mass is 9.89. The van der Waals surface area contributed by atoms with Crippen molar-refractivity contribution < 1.29 is 8.42 Å². The molecule has 1 aliphatic rings. The van der Waals surface area contributed by atoms with Gasteiger partial charge in [0.05, 0.1) is 11.0 Å². The Balaban J connectivity index is 2.74. The molecule has 0 aromatic carbocycles. The molecule has 2 atom stereocenters. The van der Waals surface area contributed by atoms with E-state index in [0.717, 1.165) is 25.7 Å². The third-order valence-corrected chi connectivity index (χ3v) is 5.84. The van der Waals surface area contributed by atoms with Gasteiger partial charge in [0.2, 0.25) is 0 Å². The first-order chi connectivity index (χ1) is 6.97. The van der Waals surface area contributed by atoms with Gasteiger partial charge in [0.1, 0.15) is 0 Å². The van der Waals surface area contributed by atoms with Crippen LogP contribution in [0.1, 0.15) is 39.5 Å². The van der Waals surface area contributed by atoms with Crippen molar-refractivity contribution in [2.45, 2.75) is 44.8 Å². The van der Waals surface area contributed by atoms with Gasteiger partial charge in [0.25, 0.3) is 0 Å². The van der Waals surface area contributed by atoms with Gasteiger partial charge in [-0.2, -0.15) is 0 Å². The average Bonchev–Trinajstić information content (AvgIpc) is 2.16. The van der Waals surface area contributed by atoms with Crippen molar-refractivity contribution in [2.75, 3.05) is 12.3 Å². The van der Waals surface area contributed by atoms with Crippen LogP contribution >= 0.6 is 0 Å². The van der Waals surface area contributed by atoms with Gasteiger partial charge >= 0.3 is 0 Å². The lowest BCUT2D eigenvalue weighted by Crippen LogP contribution is -2.39. The summed E-state index contributed by atoms with van der Waals surface area (Å²) in [6.07, 6.45) is 3.98. The van der Waals surface area contributed by atoms with E-state index in [9.17, 15) is 8.42 Å². The molecule has 0 bridgehead atoms. The molecule has 1 rings (SSSR count). The van der Waals surface area contributed by atoms with E-state index in [-0.39, 0.29) is 17.1 Å². The van der Waals surface area contributed by atoms with Gasteiger partial charge in [-0.15, -0.1) is 0 Å². The molecule has 3 nitrogen and oxygen atoms in total. The molecule has 0 radical (unpaired) electrons. The first-order valence-corrected chi connectivity index (χ1v) is 7.60. The normalized spacial score (nSPS) is 28.3. The molecule has 0 heterocycles. The smallest absolute Gasteiger partial charge is 0.153 e. The molecule has 1 saturated carbocycles. The summed E-state index contributed by atoms with van der Waals surface area (Å²) in [7, 11) is -2.92. The van der Waals surface area contributed by atoms with E-state index < -0.39 is 9.84 Å². The van der Waals surface area contributed by atoms with Crippen LogP contribution in [0.25, 0.3) is 0 Å². The van der Waals surface area contributed by atoms with Crippen molar-refractivity contribution in [3.8, 4) is 0 Å². The molecule has 0 amide bonds. The van der Waals surface area contributed by atoms with E-state index >= 15 is 0 Å². The predicted molar refractivity (Wildman–Crippen MR) is 63.4 cm³/mol. The summed E-state index contributed by atoms with van der Waals surface area (Å²) in [5, 5.41) is -0.168. The summed E-state index contributed by atoms with van der Waals surface area (Å²) in [5.74, 6) is 0.728. The van der Waals surface area contributed by atoms with Crippen molar-refractivity contribution in [1.82, 2.24) is 0 Å². The van der Waals surface area contributed by atoms with Gasteiger partial charge in [0, 0.05) is 0 Å². The molecule has 1 aliphatic carbocycles. The molecule has 2 N–H and O–H groups in total. The number of sulfone groups is 1. The summed E-state index contributed by atoms with van der Waals surface area (Å²) in [4.78, 5) is 0. The lowest BCUT2D eigenvalue weighted by Gasteiger charge is -2.30. The van der Waals surface area contributed by atoms with Crippen LogP contribution in [-0.2, 0) is 9.84 Å². The topological polar surface area (TPSA) is 60.2 Å². The van der Waals surface area contributed by atoms with Crippen LogP contribution in [0.15, 0.2) is 0 Å². The molecule has 1 fully saturated rings. The Bertz CT molecular complexity index is 285. The van der Waals surface area contributed by atoms with E-state index in [2.05, 4.69) is 0 Å². The van der Waals surface area contributed by atoms with Crippen LogP contribution < -0.4 is 5.73 Å². The Morgan fingerprint density at radius 3 is 2.40 bits per heavy atom. The first kappa shape index (κ1) is 13.0. The molecule has 0 saturated heterocycles. The second-order valence-electron chi connectivity index (χ2n) is 5.04. The summed E-state index contributed by atoms with van der Waals surface area (Å²) in [6.45, 7) is 4.43. The highest BCUT2D eigenvalue weighted by atomic mass is 32.2. The van der Waals surface area contributed by atoms with Crippen LogP contribution in [0.3, 0.4) is 0 Å². The molecule has 0 aliphatic heterocycles. The largest absolute Gasteiger partial charge is 0.330 e. The third-order valence-electron chi connectivity index (χ3n) is 3.17. The van der Waals surface area contributed by atoms with Crippen molar-refractivity contribution in [2.24, 2.45) is 17.6 Å². The van der Waals surface area contributed by atoms with Gasteiger partial charge in [0.15, 0.2) is 9.84 Å². The third kappa shape index (κ3) is 3.45.